The summed E-state index contributed by atoms with van der Waals surface area (Å²) in [6.07, 6.45) is -1.43. The third-order valence-electron chi connectivity index (χ3n) is 14.1. The summed E-state index contributed by atoms with van der Waals surface area (Å²) in [5.41, 5.74) is 4.85. The molecule has 84 heavy (non-hydrogen) atoms. The summed E-state index contributed by atoms with van der Waals surface area (Å²) in [5.74, 6) is 2.37. The van der Waals surface area contributed by atoms with Gasteiger partial charge in [-0.1, -0.05) is 102 Å². The zero-order valence-corrected chi connectivity index (χ0v) is 46.6. The molecule has 0 unspecified atom stereocenters. The molecule has 0 N–H and O–H groups in total. The van der Waals surface area contributed by atoms with E-state index in [9.17, 15) is 31.5 Å². The van der Waals surface area contributed by atoms with Crippen LogP contribution in [0.2, 0.25) is 0 Å². The first kappa shape index (κ1) is 55.9. The second kappa shape index (κ2) is 23.5. The van der Waals surface area contributed by atoms with Gasteiger partial charge >= 0.3 is 12.3 Å². The van der Waals surface area contributed by atoms with Crippen LogP contribution in [-0.2, 0) is 19.0 Å². The third kappa shape index (κ3) is 11.6. The Morgan fingerprint density at radius 1 is 0.536 bits per heavy atom. The van der Waals surface area contributed by atoms with Crippen LogP contribution in [0.1, 0.15) is 48.5 Å². The van der Waals surface area contributed by atoms with Gasteiger partial charge < -0.3 is 23.5 Å². The summed E-state index contributed by atoms with van der Waals surface area (Å²) in [6, 6.07) is 44.9. The lowest BCUT2D eigenvalue weighted by molar-refractivity contribution is -0.137. The predicted octanol–water partition coefficient (Wildman–Crippen LogP) is 17.0. The highest BCUT2D eigenvalue weighted by Crippen LogP contribution is 2.41. The number of ether oxygens (including phenoxy) is 4. The molecule has 8 aromatic carbocycles. The molecular weight excluding hydrogens is 1150 g/mol. The molecule has 0 aliphatic rings. The Balaban J connectivity index is 0.000000176. The number of ketones is 2. The molecule has 418 valence electrons. The van der Waals surface area contributed by atoms with Crippen LogP contribution in [0.15, 0.2) is 185 Å². The average molecular weight is 1200 g/mol. The van der Waals surface area contributed by atoms with E-state index < -0.39 is 23.8 Å². The van der Waals surface area contributed by atoms with E-state index >= 15 is 0 Å². The normalized spacial score (nSPS) is 11.4. The summed E-state index contributed by atoms with van der Waals surface area (Å²) in [5, 5.41) is 8.06. The maximum Gasteiger partial charge on any atom is 0.417 e. The lowest BCUT2D eigenvalue weighted by atomic mass is 9.94. The Morgan fingerprint density at radius 3 is 1.54 bits per heavy atom. The predicted molar refractivity (Wildman–Crippen MR) is 312 cm³/mol. The fraction of sp³-hybridized carbons (Fsp3) is 0.106. The van der Waals surface area contributed by atoms with Crippen molar-refractivity contribution in [1.29, 1.82) is 0 Å². The standard InChI is InChI=1S/C33H22BrF3N2O4.C33H23F2N3O3/c1-18-13-26-24(16-30(18)41-2)29(11-12-38-26)42-28-8-4-5-20-21(6-3-7-22(20)28)27(40)15-19-9-10-23(25(14-19)33(35,36)37)31-17-32(34)39-43-31;1-19-15-27-25(17-31(19)40-2)30(13-14-36-27)41-29-8-4-5-22-23(6-3-7-24(22)29)28(39)16-20-9-11-21(12-10-20)26-18-37-33(35)38-32(26)34/h3-14,16-17H,15H2,1-2H3;3-15,17-18H,16H2,1-2H3. The number of alkyl halides is 3. The Labute approximate surface area is 484 Å². The van der Waals surface area contributed by atoms with E-state index in [4.69, 9.17) is 23.5 Å². The molecule has 12 aromatic rings. The number of carbonyl (C=O) groups excluding carboxylic acids is 2. The largest absolute Gasteiger partial charge is 0.496 e. The minimum Gasteiger partial charge on any atom is -0.496 e. The first-order valence-corrected chi connectivity index (χ1v) is 26.7. The molecule has 0 saturated carbocycles. The monoisotopic (exact) mass is 1190 g/mol. The maximum atomic E-state index is 14.0. The number of halogens is 6. The van der Waals surface area contributed by atoms with Crippen LogP contribution < -0.4 is 18.9 Å². The van der Waals surface area contributed by atoms with Gasteiger partial charge in [0.25, 0.3) is 0 Å². The molecule has 0 fully saturated rings. The maximum absolute atomic E-state index is 14.0. The van der Waals surface area contributed by atoms with Gasteiger partial charge in [0.1, 0.15) is 39.1 Å². The summed E-state index contributed by atoms with van der Waals surface area (Å²) in [7, 11) is 3.23. The lowest BCUT2D eigenvalue weighted by Crippen LogP contribution is -2.10. The number of nitrogens with zero attached hydrogens (tertiary/aromatic N) is 5. The number of rotatable bonds is 14. The van der Waals surface area contributed by atoms with Crippen molar-refractivity contribution in [3.8, 4) is 56.9 Å². The van der Waals surface area contributed by atoms with Gasteiger partial charge in [-0.2, -0.15) is 26.9 Å². The number of benzene rings is 8. The zero-order valence-electron chi connectivity index (χ0n) is 45.0. The van der Waals surface area contributed by atoms with E-state index in [0.717, 1.165) is 67.3 Å². The van der Waals surface area contributed by atoms with Crippen molar-refractivity contribution in [3.05, 3.63) is 232 Å². The zero-order chi connectivity index (χ0) is 58.8. The van der Waals surface area contributed by atoms with Crippen LogP contribution >= 0.6 is 15.9 Å². The smallest absolute Gasteiger partial charge is 0.417 e. The number of methoxy groups -OCH3 is 2. The van der Waals surface area contributed by atoms with E-state index in [1.165, 1.54) is 18.2 Å². The molecule has 0 saturated heterocycles. The lowest BCUT2D eigenvalue weighted by Gasteiger charge is -2.15. The van der Waals surface area contributed by atoms with E-state index in [1.54, 1.807) is 99.4 Å². The van der Waals surface area contributed by atoms with Crippen molar-refractivity contribution in [2.24, 2.45) is 0 Å². The van der Waals surface area contributed by atoms with E-state index in [2.05, 4.69) is 41.0 Å². The number of fused-ring (bicyclic) bond motifs is 4. The molecule has 18 heteroatoms. The van der Waals surface area contributed by atoms with Crippen molar-refractivity contribution in [3.63, 3.8) is 0 Å². The summed E-state index contributed by atoms with van der Waals surface area (Å²) < 4.78 is 98.1. The number of aryl methyl sites for hydroxylation is 2. The molecule has 12 nitrogen and oxygen atoms in total. The number of pyridine rings is 2. The quantitative estimate of drug-likeness (QED) is 0.0441. The number of aromatic nitrogens is 5. The second-order valence-electron chi connectivity index (χ2n) is 19.4. The molecule has 0 spiro atoms. The highest BCUT2D eigenvalue weighted by Gasteiger charge is 2.35. The van der Waals surface area contributed by atoms with Crippen molar-refractivity contribution in [2.45, 2.75) is 32.9 Å². The van der Waals surface area contributed by atoms with Gasteiger partial charge in [0.15, 0.2) is 17.3 Å². The van der Waals surface area contributed by atoms with Gasteiger partial charge in [-0.15, -0.1) is 0 Å². The number of hydrogen-bond donors (Lipinski definition) is 0. The number of hydrogen-bond acceptors (Lipinski definition) is 12. The molecule has 12 rings (SSSR count). The minimum absolute atomic E-state index is 0.0331. The molecule has 0 radical (unpaired) electrons. The fourth-order valence-electron chi connectivity index (χ4n) is 10.0. The highest BCUT2D eigenvalue weighted by atomic mass is 79.9. The highest BCUT2D eigenvalue weighted by molar-refractivity contribution is 9.10. The molecule has 0 aliphatic heterocycles. The summed E-state index contributed by atoms with van der Waals surface area (Å²) in [4.78, 5) is 42.4. The Kier molecular flexibility index (Phi) is 15.7. The van der Waals surface area contributed by atoms with Crippen molar-refractivity contribution < 1.29 is 55.0 Å². The third-order valence-corrected chi connectivity index (χ3v) is 14.5. The van der Waals surface area contributed by atoms with E-state index in [-0.39, 0.29) is 51.5 Å². The van der Waals surface area contributed by atoms with E-state index in [1.807, 2.05) is 74.5 Å². The van der Waals surface area contributed by atoms with Crippen LogP contribution in [0.25, 0.3) is 65.8 Å². The first-order chi connectivity index (χ1) is 40.5. The fourth-order valence-corrected chi connectivity index (χ4v) is 10.3. The van der Waals surface area contributed by atoms with Crippen LogP contribution in [-0.4, -0.2) is 50.9 Å². The summed E-state index contributed by atoms with van der Waals surface area (Å²) in [6.45, 7) is 3.90. The number of Topliss-reactive ketones (excluding diaryl/α,β-unsaturated/α-hetero) is 2. The molecule has 0 amide bonds. The van der Waals surface area contributed by atoms with E-state index in [0.29, 0.717) is 56.2 Å². The van der Waals surface area contributed by atoms with Crippen LogP contribution in [0.4, 0.5) is 22.0 Å². The second-order valence-corrected chi connectivity index (χ2v) is 20.3. The number of carbonyl (C=O) groups is 2. The van der Waals surface area contributed by atoms with Crippen molar-refractivity contribution in [1.82, 2.24) is 25.1 Å². The minimum atomic E-state index is -4.67. The SMILES string of the molecule is COc1cc2c(Oc3cccc4c(C(=O)Cc5ccc(-c6cc(Br)no6)c(C(F)(F)F)c5)cccc34)ccnc2cc1C.COc1cc2c(Oc3cccc4c(C(=O)Cc5ccc(-c6cnc(F)nc6F)cc5)cccc34)ccnc2cc1C. The molecule has 0 atom stereocenters. The Morgan fingerprint density at radius 2 is 1.04 bits per heavy atom. The first-order valence-electron chi connectivity index (χ1n) is 26.0. The molecular formula is C66H45BrF5N5O7. The Hall–Kier alpha value is -9.94. The van der Waals surface area contributed by atoms with Crippen LogP contribution in [0.5, 0.6) is 34.5 Å². The molecule has 0 bridgehead atoms. The topological polar surface area (TPSA) is 149 Å². The van der Waals surface area contributed by atoms with Gasteiger partial charge in [0.05, 0.1) is 36.4 Å². The van der Waals surface area contributed by atoms with Crippen molar-refractivity contribution >= 4 is 70.8 Å². The summed E-state index contributed by atoms with van der Waals surface area (Å²) >= 11 is 3.09. The molecule has 4 aromatic heterocycles. The molecule has 0 aliphatic carbocycles. The van der Waals surface area contributed by atoms with Gasteiger partial charge in [-0.05, 0) is 123 Å². The van der Waals surface area contributed by atoms with Gasteiger partial charge in [0, 0.05) is 75.7 Å². The van der Waals surface area contributed by atoms with Gasteiger partial charge in [-0.25, -0.2) is 4.98 Å². The van der Waals surface area contributed by atoms with Crippen molar-refractivity contribution in [2.75, 3.05) is 14.2 Å². The van der Waals surface area contributed by atoms with Crippen LogP contribution in [0.3, 0.4) is 0 Å². The molecule has 4 heterocycles. The average Bonchev–Trinajstić information content (AvgIpc) is 4.04. The Bertz CT molecular complexity index is 4540. The van der Waals surface area contributed by atoms with Gasteiger partial charge in [0.2, 0.25) is 5.95 Å². The van der Waals surface area contributed by atoms with Gasteiger partial charge in [-0.3, -0.25) is 19.6 Å². The van der Waals surface area contributed by atoms with Crippen LogP contribution in [0, 0.1) is 25.9 Å².